The van der Waals surface area contributed by atoms with Crippen molar-refractivity contribution >= 4 is 50.4 Å². The topological polar surface area (TPSA) is 190 Å². The number of nitrogens with zero attached hydrogens (tertiary/aromatic N) is 4. The number of carbonyl (C=O) groups excluding carboxylic acids is 4. The Morgan fingerprint density at radius 1 is 0.902 bits per heavy atom. The largest absolute Gasteiger partial charge is 0.472 e. The number of ether oxygens (including phenoxy) is 2. The van der Waals surface area contributed by atoms with Crippen molar-refractivity contribution in [2.75, 3.05) is 6.54 Å². The lowest BCUT2D eigenvalue weighted by molar-refractivity contribution is -0.141. The molecule has 0 bridgehead atoms. The van der Waals surface area contributed by atoms with Crippen LogP contribution in [0.1, 0.15) is 94.6 Å². The van der Waals surface area contributed by atoms with Crippen molar-refractivity contribution in [2.45, 2.75) is 132 Å². The van der Waals surface area contributed by atoms with Gasteiger partial charge >= 0.3 is 6.09 Å². The van der Waals surface area contributed by atoms with Gasteiger partial charge in [-0.25, -0.2) is 18.2 Å². The molecule has 5 aliphatic rings. The number of hydrogen-bond acceptors (Lipinski definition) is 10. The van der Waals surface area contributed by atoms with Crippen LogP contribution in [-0.2, 0) is 29.1 Å². The number of aryl methyl sites for hydroxylation is 2. The van der Waals surface area contributed by atoms with Crippen molar-refractivity contribution in [3.8, 4) is 17.1 Å². The predicted molar refractivity (Wildman–Crippen MR) is 227 cm³/mol. The molecule has 61 heavy (non-hydrogen) atoms. The first-order valence-electron chi connectivity index (χ1n) is 21.7. The predicted octanol–water partition coefficient (Wildman–Crippen LogP) is 5.56. The fraction of sp³-hybridized carbons (Fsp3) is 0.511. The molecule has 9 rings (SSSR count). The van der Waals surface area contributed by atoms with Gasteiger partial charge in [0.1, 0.15) is 29.8 Å². The Bertz CT molecular complexity index is 2510. The van der Waals surface area contributed by atoms with Crippen LogP contribution in [0.15, 0.2) is 60.7 Å². The van der Waals surface area contributed by atoms with E-state index in [1.807, 2.05) is 68.5 Å². The van der Waals surface area contributed by atoms with Crippen LogP contribution in [0, 0.1) is 19.8 Å². The quantitative estimate of drug-likeness (QED) is 0.190. The Morgan fingerprint density at radius 2 is 1.66 bits per heavy atom. The number of aromatic nitrogens is 3. The summed E-state index contributed by atoms with van der Waals surface area (Å²) in [7, 11) is -3.91. The van der Waals surface area contributed by atoms with Crippen LogP contribution in [0.5, 0.6) is 5.88 Å². The average molecular weight is 852 g/mol. The first-order valence-corrected chi connectivity index (χ1v) is 23.3. The van der Waals surface area contributed by atoms with Crippen LogP contribution in [0.4, 0.5) is 4.79 Å². The maximum atomic E-state index is 14.8. The van der Waals surface area contributed by atoms with E-state index in [9.17, 15) is 27.6 Å². The van der Waals surface area contributed by atoms with Gasteiger partial charge in [0.25, 0.3) is 5.91 Å². The fourth-order valence-electron chi connectivity index (χ4n) is 9.08. The van der Waals surface area contributed by atoms with Gasteiger partial charge in [-0.05, 0) is 95.8 Å². The minimum Gasteiger partial charge on any atom is -0.472 e. The van der Waals surface area contributed by atoms with Crippen LogP contribution in [-0.4, -0.2) is 93.4 Å². The van der Waals surface area contributed by atoms with Crippen molar-refractivity contribution in [3.05, 3.63) is 71.8 Å². The van der Waals surface area contributed by atoms with Crippen molar-refractivity contribution in [1.82, 2.24) is 34.9 Å². The van der Waals surface area contributed by atoms with Gasteiger partial charge < -0.3 is 25.0 Å². The van der Waals surface area contributed by atoms with E-state index < -0.39 is 68.7 Å². The van der Waals surface area contributed by atoms with E-state index in [0.717, 1.165) is 66.1 Å². The zero-order chi connectivity index (χ0) is 42.5. The fourth-order valence-corrected chi connectivity index (χ4v) is 10.4. The van der Waals surface area contributed by atoms with E-state index in [1.165, 1.54) is 4.90 Å². The van der Waals surface area contributed by atoms with Crippen LogP contribution < -0.4 is 20.1 Å². The molecule has 4 heterocycles. The monoisotopic (exact) mass is 851 g/mol. The molecule has 1 saturated heterocycles. The average Bonchev–Trinajstić information content (AvgIpc) is 4.04. The Hall–Kier alpha value is -5.51. The van der Waals surface area contributed by atoms with Gasteiger partial charge in [0.05, 0.1) is 23.0 Å². The Labute approximate surface area is 355 Å². The maximum Gasteiger partial charge on any atom is 0.408 e. The molecule has 3 aliphatic carbocycles. The first-order chi connectivity index (χ1) is 29.4. The van der Waals surface area contributed by atoms with E-state index >= 15 is 0 Å². The van der Waals surface area contributed by atoms with Gasteiger partial charge in [-0.3, -0.25) is 19.1 Å². The van der Waals surface area contributed by atoms with E-state index in [1.54, 1.807) is 10.6 Å². The van der Waals surface area contributed by atoms with Crippen LogP contribution in [0.2, 0.25) is 0 Å². The number of allylic oxidation sites excluding steroid dienone is 1. The van der Waals surface area contributed by atoms with E-state index in [4.69, 9.17) is 19.6 Å². The van der Waals surface area contributed by atoms with E-state index in [2.05, 4.69) is 15.4 Å². The number of benzene rings is 2. The third kappa shape index (κ3) is 8.55. The second-order valence-electron chi connectivity index (χ2n) is 17.6. The normalized spacial score (nSPS) is 26.8. The second kappa shape index (κ2) is 16.4. The summed E-state index contributed by atoms with van der Waals surface area (Å²) in [5.41, 5.74) is 3.44. The minimum absolute atomic E-state index is 0.0189. The lowest BCUT2D eigenvalue weighted by Crippen LogP contribution is -2.58. The standard InChI is InChI=1S/C45H53N7O8S/c1-27-14-17-29(18-15-27)36-24-39(52-40(46-36)34-21-16-28(2)22-37(34)49-52)59-32-23-38-41(53)48-45(43(55)50-61(57,58)33-19-20-33)25-30(45)10-6-4-3-5-7-13-35(42(54)51(38)26-32)47-44(56)60-31-11-8-9-12-31/h6,10,14-18,21-22,24,30-33,35,38H,3-5,7-9,11-13,19-20,23,25-26H2,1-2H3,(H,47,56)(H,48,53)(H,50,55)/b10-6-/t30-,32+,35-,38-,45+/m0/s1. The van der Waals surface area contributed by atoms with Gasteiger partial charge in [0, 0.05) is 29.4 Å². The van der Waals surface area contributed by atoms with Crippen LogP contribution in [0.3, 0.4) is 0 Å². The molecule has 322 valence electrons. The van der Waals surface area contributed by atoms with E-state index in [-0.39, 0.29) is 25.5 Å². The van der Waals surface area contributed by atoms with Gasteiger partial charge in [-0.1, -0.05) is 60.9 Å². The molecule has 0 spiro atoms. The van der Waals surface area contributed by atoms with Crippen LogP contribution in [0.25, 0.3) is 27.8 Å². The highest BCUT2D eigenvalue weighted by Crippen LogP contribution is 2.46. The maximum absolute atomic E-state index is 14.8. The molecule has 15 nitrogen and oxygen atoms in total. The number of carbonyl (C=O) groups is 4. The molecule has 4 fully saturated rings. The van der Waals surface area contributed by atoms with E-state index in [0.29, 0.717) is 49.3 Å². The summed E-state index contributed by atoms with van der Waals surface area (Å²) in [6.07, 6.45) is 10.1. The molecular formula is C45H53N7O8S. The summed E-state index contributed by atoms with van der Waals surface area (Å²) in [5.74, 6) is -1.94. The number of rotatable bonds is 8. The Balaban J connectivity index is 1.06. The third-order valence-electron chi connectivity index (χ3n) is 12.8. The number of sulfonamides is 1. The summed E-state index contributed by atoms with van der Waals surface area (Å²) in [6.45, 7) is 3.98. The summed E-state index contributed by atoms with van der Waals surface area (Å²) in [5, 5.41) is 10.8. The van der Waals surface area contributed by atoms with Crippen LogP contribution >= 0.6 is 0 Å². The molecule has 2 aromatic carbocycles. The molecule has 4 amide bonds. The Morgan fingerprint density at radius 3 is 2.43 bits per heavy atom. The smallest absolute Gasteiger partial charge is 0.408 e. The lowest BCUT2D eigenvalue weighted by atomic mass is 10.0. The van der Waals surface area contributed by atoms with Gasteiger partial charge in [0.2, 0.25) is 27.7 Å². The molecular weight excluding hydrogens is 799 g/mol. The molecule has 16 heteroatoms. The zero-order valence-electron chi connectivity index (χ0n) is 34.6. The molecule has 0 unspecified atom stereocenters. The molecule has 0 radical (unpaired) electrons. The van der Waals surface area contributed by atoms with Crippen molar-refractivity contribution < 1.29 is 37.1 Å². The zero-order valence-corrected chi connectivity index (χ0v) is 35.4. The highest BCUT2D eigenvalue weighted by molar-refractivity contribution is 7.91. The highest BCUT2D eigenvalue weighted by Gasteiger charge is 2.62. The van der Waals surface area contributed by atoms with Crippen molar-refractivity contribution in [1.29, 1.82) is 0 Å². The van der Waals surface area contributed by atoms with Crippen molar-refractivity contribution in [3.63, 3.8) is 0 Å². The number of alkyl carbamates (subject to hydrolysis) is 1. The second-order valence-corrected chi connectivity index (χ2v) is 19.6. The van der Waals surface area contributed by atoms with Gasteiger partial charge in [-0.15, -0.1) is 0 Å². The minimum atomic E-state index is -3.91. The lowest BCUT2D eigenvalue weighted by Gasteiger charge is -2.30. The highest BCUT2D eigenvalue weighted by atomic mass is 32.2. The van der Waals surface area contributed by atoms with Gasteiger partial charge in [0.15, 0.2) is 5.65 Å². The first kappa shape index (κ1) is 40.9. The number of nitrogens with one attached hydrogen (secondary N) is 3. The van der Waals surface area contributed by atoms with Gasteiger partial charge in [-0.2, -0.15) is 9.61 Å². The third-order valence-corrected chi connectivity index (χ3v) is 14.7. The number of amides is 4. The Kier molecular flexibility index (Phi) is 11.0. The molecule has 2 aliphatic heterocycles. The van der Waals surface area contributed by atoms with Crippen molar-refractivity contribution in [2.24, 2.45) is 5.92 Å². The molecule has 2 aromatic heterocycles. The summed E-state index contributed by atoms with van der Waals surface area (Å²) in [4.78, 5) is 63.1. The molecule has 3 saturated carbocycles. The SMILES string of the molecule is Cc1ccc(-c2cc(O[C@@H]3C[C@H]4C(=O)N[C@]5(C(=O)NS(=O)(=O)C6CC6)C[C@@H]5/C=C\CCCCC[C@H](NC(=O)OC5CCCC5)C(=O)N4C3)n3nc4cc(C)ccc4c3n2)cc1. The number of hydrogen-bond donors (Lipinski definition) is 3. The molecule has 3 N–H and O–H groups in total. The molecule has 5 atom stereocenters. The summed E-state index contributed by atoms with van der Waals surface area (Å²) in [6, 6.07) is 13.6. The summed E-state index contributed by atoms with van der Waals surface area (Å²) < 4.78 is 42.4. The number of fused-ring (bicyclic) bond motifs is 5. The summed E-state index contributed by atoms with van der Waals surface area (Å²) >= 11 is 0. The molecule has 4 aromatic rings.